The Kier molecular flexibility index (Phi) is 5.91. The van der Waals surface area contributed by atoms with E-state index >= 15 is 0 Å². The number of hydrogen-bond donors (Lipinski definition) is 0. The Hall–Kier alpha value is -2.55. The maximum absolute atomic E-state index is 13.1. The predicted octanol–water partition coefficient (Wildman–Crippen LogP) is 3.96. The van der Waals surface area contributed by atoms with Crippen LogP contribution in [0, 0.1) is 0 Å². The molecule has 0 amide bonds. The molecular weight excluding hydrogens is 419 g/mol. The average molecular weight is 432 g/mol. The number of nitrogens with zero attached hydrogens (tertiary/aromatic N) is 1. The summed E-state index contributed by atoms with van der Waals surface area (Å²) < 4.78 is 48.9. The monoisotopic (exact) mass is 431 g/mol. The first-order valence-electron chi connectivity index (χ1n) is 7.12. The fourth-order valence-electron chi connectivity index (χ4n) is 2.24. The van der Waals surface area contributed by atoms with Crippen LogP contribution >= 0.6 is 15.9 Å². The van der Waals surface area contributed by atoms with Crippen molar-refractivity contribution in [3.63, 3.8) is 0 Å². The molecule has 1 aliphatic heterocycles. The van der Waals surface area contributed by atoms with E-state index in [0.717, 1.165) is 31.3 Å². The van der Waals surface area contributed by atoms with Crippen molar-refractivity contribution in [1.29, 1.82) is 0 Å². The van der Waals surface area contributed by atoms with Crippen molar-refractivity contribution in [3.8, 4) is 0 Å². The molecule has 1 heterocycles. The second-order valence-electron chi connectivity index (χ2n) is 5.01. The molecule has 0 aromatic heterocycles. The Morgan fingerprint density at radius 2 is 1.69 bits per heavy atom. The first-order chi connectivity index (χ1) is 12.2. The minimum absolute atomic E-state index is 0.00783. The molecule has 138 valence electrons. The second kappa shape index (κ2) is 7.77. The number of ether oxygens (including phenoxy) is 2. The summed E-state index contributed by atoms with van der Waals surface area (Å²) >= 11 is 3.03. The fourth-order valence-corrected chi connectivity index (χ4v) is 2.72. The number of alkyl halides is 3. The lowest BCUT2D eigenvalue weighted by molar-refractivity contribution is -0.139. The third-order valence-corrected chi connectivity index (χ3v) is 3.84. The molecule has 2 rings (SSSR count). The quantitative estimate of drug-likeness (QED) is 0.678. The van der Waals surface area contributed by atoms with Gasteiger partial charge < -0.3 is 14.4 Å². The van der Waals surface area contributed by atoms with Gasteiger partial charge in [-0.15, -0.1) is 0 Å². The van der Waals surface area contributed by atoms with Crippen LogP contribution in [0.3, 0.4) is 0 Å². The molecule has 0 N–H and O–H groups in total. The van der Waals surface area contributed by atoms with Gasteiger partial charge in [0.25, 0.3) is 0 Å². The van der Waals surface area contributed by atoms with Crippen molar-refractivity contribution in [2.75, 3.05) is 19.1 Å². The Balaban J connectivity index is 2.71. The molecule has 26 heavy (non-hydrogen) atoms. The number of allylic oxidation sites excluding steroid dienone is 2. The average Bonchev–Trinajstić information content (AvgIpc) is 2.82. The van der Waals surface area contributed by atoms with Gasteiger partial charge in [0.1, 0.15) is 5.70 Å². The van der Waals surface area contributed by atoms with E-state index in [0.29, 0.717) is 0 Å². The first kappa shape index (κ1) is 19.8. The Bertz CT molecular complexity index is 828. The third-order valence-electron chi connectivity index (χ3n) is 3.38. The van der Waals surface area contributed by atoms with Gasteiger partial charge in [0, 0.05) is 16.4 Å². The summed E-state index contributed by atoms with van der Waals surface area (Å²) in [6.07, 6.45) is 0.995. The number of esters is 2. The number of halogens is 4. The Labute approximate surface area is 155 Å². The van der Waals surface area contributed by atoms with Crippen molar-refractivity contribution < 1.29 is 32.2 Å². The van der Waals surface area contributed by atoms with Gasteiger partial charge in [0.2, 0.25) is 0 Å². The molecular formula is C17H13BrF3NO4. The molecule has 0 unspecified atom stereocenters. The minimum Gasteiger partial charge on any atom is -0.465 e. The molecule has 0 saturated heterocycles. The Morgan fingerprint density at radius 1 is 1.04 bits per heavy atom. The van der Waals surface area contributed by atoms with Crippen LogP contribution in [0.5, 0.6) is 0 Å². The van der Waals surface area contributed by atoms with Crippen LogP contribution in [0.2, 0.25) is 0 Å². The van der Waals surface area contributed by atoms with Gasteiger partial charge in [-0.2, -0.15) is 13.2 Å². The number of methoxy groups -OCH3 is 2. The highest BCUT2D eigenvalue weighted by Gasteiger charge is 2.33. The zero-order valence-corrected chi connectivity index (χ0v) is 15.2. The van der Waals surface area contributed by atoms with E-state index in [1.54, 1.807) is 0 Å². The highest BCUT2D eigenvalue weighted by molar-refractivity contribution is 9.10. The van der Waals surface area contributed by atoms with Crippen molar-refractivity contribution in [2.45, 2.75) is 6.18 Å². The number of carbonyl (C=O) groups is 2. The molecule has 0 fully saturated rings. The molecule has 5 nitrogen and oxygen atoms in total. The van der Waals surface area contributed by atoms with Gasteiger partial charge in [0.05, 0.1) is 25.4 Å². The maximum Gasteiger partial charge on any atom is 0.416 e. The lowest BCUT2D eigenvalue weighted by atomic mass is 10.1. The van der Waals surface area contributed by atoms with Crippen LogP contribution in [0.4, 0.5) is 18.9 Å². The van der Waals surface area contributed by atoms with Crippen LogP contribution < -0.4 is 4.90 Å². The number of hydrogen-bond acceptors (Lipinski definition) is 5. The van der Waals surface area contributed by atoms with Crippen LogP contribution in [0.25, 0.3) is 0 Å². The number of anilines is 1. The molecule has 0 bridgehead atoms. The van der Waals surface area contributed by atoms with E-state index in [4.69, 9.17) is 4.74 Å². The molecule has 0 radical (unpaired) electrons. The van der Waals surface area contributed by atoms with Crippen molar-refractivity contribution in [3.05, 3.63) is 63.9 Å². The lowest BCUT2D eigenvalue weighted by Crippen LogP contribution is -2.27. The predicted molar refractivity (Wildman–Crippen MR) is 91.0 cm³/mol. The van der Waals surface area contributed by atoms with Crippen molar-refractivity contribution in [1.82, 2.24) is 0 Å². The van der Waals surface area contributed by atoms with Crippen LogP contribution in [0.15, 0.2) is 58.4 Å². The fraction of sp³-hybridized carbons (Fsp3) is 0.176. The topological polar surface area (TPSA) is 55.8 Å². The molecule has 0 atom stereocenters. The van der Waals surface area contributed by atoms with Gasteiger partial charge in [0.15, 0.2) is 0 Å². The molecule has 0 spiro atoms. The Morgan fingerprint density at radius 3 is 2.27 bits per heavy atom. The summed E-state index contributed by atoms with van der Waals surface area (Å²) in [4.78, 5) is 25.4. The maximum atomic E-state index is 13.1. The molecule has 0 saturated carbocycles. The number of rotatable bonds is 3. The van der Waals surface area contributed by atoms with Gasteiger partial charge in [-0.25, -0.2) is 9.59 Å². The normalized spacial score (nSPS) is 14.3. The summed E-state index contributed by atoms with van der Waals surface area (Å²) in [6.45, 7) is 0. The molecule has 1 aliphatic rings. The van der Waals surface area contributed by atoms with Crippen molar-refractivity contribution >= 4 is 33.6 Å². The summed E-state index contributed by atoms with van der Waals surface area (Å²) in [5.41, 5.74) is -1.33. The standard InChI is InChI=1S/C17H13BrF3NO4/c1-25-15(23)13-5-3-4-6-22(14(13)16(24)26-2)12-8-10(17(19,20)21)7-11(18)9-12/h3-9H,1-2H3. The van der Waals surface area contributed by atoms with E-state index in [9.17, 15) is 22.8 Å². The molecule has 1 aromatic rings. The number of carbonyl (C=O) groups excluding carboxylic acids is 2. The highest BCUT2D eigenvalue weighted by atomic mass is 79.9. The highest BCUT2D eigenvalue weighted by Crippen LogP contribution is 2.36. The van der Waals surface area contributed by atoms with Crippen LogP contribution in [-0.4, -0.2) is 26.2 Å². The molecule has 9 heteroatoms. The van der Waals surface area contributed by atoms with E-state index < -0.39 is 23.7 Å². The van der Waals surface area contributed by atoms with Gasteiger partial charge in [-0.3, -0.25) is 0 Å². The smallest absolute Gasteiger partial charge is 0.416 e. The lowest BCUT2D eigenvalue weighted by Gasteiger charge is -2.24. The second-order valence-corrected chi connectivity index (χ2v) is 5.93. The van der Waals surface area contributed by atoms with Crippen LogP contribution in [0.1, 0.15) is 5.56 Å². The summed E-state index contributed by atoms with van der Waals surface area (Å²) in [7, 11) is 2.23. The van der Waals surface area contributed by atoms with Crippen LogP contribution in [-0.2, 0) is 25.2 Å². The minimum atomic E-state index is -4.59. The van der Waals surface area contributed by atoms with E-state index in [-0.39, 0.29) is 21.4 Å². The number of benzene rings is 1. The zero-order chi connectivity index (χ0) is 19.5. The van der Waals surface area contributed by atoms with Gasteiger partial charge in [-0.05, 0) is 30.4 Å². The van der Waals surface area contributed by atoms with Gasteiger partial charge >= 0.3 is 18.1 Å². The summed E-state index contributed by atoms with van der Waals surface area (Å²) in [6, 6.07) is 3.15. The summed E-state index contributed by atoms with van der Waals surface area (Å²) in [5, 5.41) is 0. The third kappa shape index (κ3) is 4.16. The summed E-state index contributed by atoms with van der Waals surface area (Å²) in [5.74, 6) is -1.74. The van der Waals surface area contributed by atoms with Gasteiger partial charge in [-0.1, -0.05) is 22.0 Å². The molecule has 1 aromatic carbocycles. The largest absolute Gasteiger partial charge is 0.465 e. The first-order valence-corrected chi connectivity index (χ1v) is 7.91. The van der Waals surface area contributed by atoms with E-state index in [2.05, 4.69) is 20.7 Å². The SMILES string of the molecule is COC(=O)C1=C(C(=O)OC)N(c2cc(Br)cc(C(F)(F)F)c2)C=CC=C1. The molecule has 0 aliphatic carbocycles. The van der Waals surface area contributed by atoms with E-state index in [1.807, 2.05) is 0 Å². The van der Waals surface area contributed by atoms with Crippen molar-refractivity contribution in [2.24, 2.45) is 0 Å². The van der Waals surface area contributed by atoms with E-state index in [1.165, 1.54) is 30.5 Å². The zero-order valence-electron chi connectivity index (χ0n) is 13.6.